The monoisotopic (exact) mass is 461 g/mol. The number of ketones is 1. The first-order valence-corrected chi connectivity index (χ1v) is 11.8. The van der Waals surface area contributed by atoms with Crippen LogP contribution in [0, 0.1) is 16.7 Å². The number of aliphatic hydroxyl groups excluding tert-OH is 1. The summed E-state index contributed by atoms with van der Waals surface area (Å²) in [4.78, 5) is 19.6. The minimum absolute atomic E-state index is 0.239. The number of fused-ring (bicyclic) bond motifs is 1. The Morgan fingerprint density at radius 2 is 2.09 bits per heavy atom. The number of aliphatic hydroxyl groups is 1. The number of piperidine rings is 1. The summed E-state index contributed by atoms with van der Waals surface area (Å²) in [5, 5.41) is 23.3. The lowest BCUT2D eigenvalue weighted by molar-refractivity contribution is -0.129. The SMILES string of the molecule is CCOc1cc(-c2ccc(N3CCC(C)(C(=O)CC[C@H](C)O)CC3)nc2)c2c(C#N)cnn2c1. The first-order chi connectivity index (χ1) is 16.3. The van der Waals surface area contributed by atoms with Crippen molar-refractivity contribution in [2.24, 2.45) is 5.41 Å². The van der Waals surface area contributed by atoms with Crippen LogP contribution in [-0.4, -0.2) is 51.3 Å². The van der Waals surface area contributed by atoms with E-state index in [0.717, 1.165) is 48.4 Å². The number of pyridine rings is 2. The van der Waals surface area contributed by atoms with Crippen LogP contribution < -0.4 is 9.64 Å². The normalized spacial score (nSPS) is 16.3. The third kappa shape index (κ3) is 4.75. The number of ether oxygens (including phenoxy) is 1. The van der Waals surface area contributed by atoms with Crippen molar-refractivity contribution in [3.05, 3.63) is 42.4 Å². The van der Waals surface area contributed by atoms with E-state index in [1.807, 2.05) is 38.2 Å². The molecular formula is C26H31N5O3. The Bertz CT molecular complexity index is 1200. The molecule has 0 aromatic carbocycles. The van der Waals surface area contributed by atoms with Crippen LogP contribution in [0.1, 0.15) is 52.0 Å². The molecule has 1 N–H and O–H groups in total. The van der Waals surface area contributed by atoms with Gasteiger partial charge in [-0.15, -0.1) is 0 Å². The molecule has 1 fully saturated rings. The highest BCUT2D eigenvalue weighted by atomic mass is 16.5. The van der Waals surface area contributed by atoms with Gasteiger partial charge in [-0.3, -0.25) is 4.79 Å². The molecule has 8 nitrogen and oxygen atoms in total. The van der Waals surface area contributed by atoms with Crippen molar-refractivity contribution in [3.63, 3.8) is 0 Å². The molecule has 4 rings (SSSR count). The molecule has 1 saturated heterocycles. The molecule has 1 aliphatic rings. The summed E-state index contributed by atoms with van der Waals surface area (Å²) in [5.41, 5.74) is 2.60. The second-order valence-electron chi connectivity index (χ2n) is 9.25. The van der Waals surface area contributed by atoms with Gasteiger partial charge in [0.2, 0.25) is 0 Å². The fraction of sp³-hybridized carbons (Fsp3) is 0.462. The van der Waals surface area contributed by atoms with Gasteiger partial charge in [0.15, 0.2) is 0 Å². The summed E-state index contributed by atoms with van der Waals surface area (Å²) in [7, 11) is 0. The zero-order valence-corrected chi connectivity index (χ0v) is 20.0. The Kier molecular flexibility index (Phi) is 6.85. The van der Waals surface area contributed by atoms with Gasteiger partial charge in [-0.05, 0) is 51.3 Å². The Balaban J connectivity index is 1.53. The average Bonchev–Trinajstić information content (AvgIpc) is 3.26. The summed E-state index contributed by atoms with van der Waals surface area (Å²) < 4.78 is 7.37. The lowest BCUT2D eigenvalue weighted by Gasteiger charge is -2.39. The maximum absolute atomic E-state index is 12.7. The molecule has 0 bridgehead atoms. The minimum atomic E-state index is -0.447. The van der Waals surface area contributed by atoms with Gasteiger partial charge in [0.25, 0.3) is 0 Å². The van der Waals surface area contributed by atoms with Gasteiger partial charge in [-0.25, -0.2) is 9.50 Å². The Morgan fingerprint density at radius 3 is 2.71 bits per heavy atom. The van der Waals surface area contributed by atoms with E-state index >= 15 is 0 Å². The molecule has 1 aliphatic heterocycles. The van der Waals surface area contributed by atoms with Crippen LogP contribution in [0.5, 0.6) is 5.75 Å². The standard InChI is InChI=1S/C26H31N5O3/c1-4-34-21-13-22(25-20(14-27)16-29-31(25)17-21)19-6-8-24(28-15-19)30-11-9-26(3,10-12-30)23(33)7-5-18(2)32/h6,8,13,15-18,32H,4-5,7,9-12H2,1-3H3/t18-/m0/s1. The molecule has 0 amide bonds. The van der Waals surface area contributed by atoms with Gasteiger partial charge in [0, 0.05) is 42.2 Å². The molecule has 4 heterocycles. The van der Waals surface area contributed by atoms with Crippen molar-refractivity contribution >= 4 is 17.1 Å². The van der Waals surface area contributed by atoms with Gasteiger partial charge in [-0.2, -0.15) is 10.4 Å². The van der Waals surface area contributed by atoms with Crippen LogP contribution in [0.3, 0.4) is 0 Å². The van der Waals surface area contributed by atoms with Crippen molar-refractivity contribution in [2.45, 2.75) is 52.6 Å². The van der Waals surface area contributed by atoms with Gasteiger partial charge >= 0.3 is 0 Å². The van der Waals surface area contributed by atoms with Gasteiger partial charge in [-0.1, -0.05) is 6.92 Å². The van der Waals surface area contributed by atoms with Crippen molar-refractivity contribution in [3.8, 4) is 22.9 Å². The molecular weight excluding hydrogens is 430 g/mol. The zero-order valence-electron chi connectivity index (χ0n) is 20.0. The van der Waals surface area contributed by atoms with Gasteiger partial charge in [0.1, 0.15) is 23.4 Å². The lowest BCUT2D eigenvalue weighted by atomic mass is 9.75. The van der Waals surface area contributed by atoms with Crippen LogP contribution in [0.25, 0.3) is 16.6 Å². The summed E-state index contributed by atoms with van der Waals surface area (Å²) >= 11 is 0. The zero-order chi connectivity index (χ0) is 24.3. The molecule has 3 aromatic heterocycles. The van der Waals surface area contributed by atoms with Crippen molar-refractivity contribution < 1.29 is 14.6 Å². The minimum Gasteiger partial charge on any atom is -0.492 e. The largest absolute Gasteiger partial charge is 0.492 e. The number of carbonyl (C=O) groups is 1. The highest BCUT2D eigenvalue weighted by molar-refractivity contribution is 5.86. The highest BCUT2D eigenvalue weighted by Crippen LogP contribution is 2.36. The van der Waals surface area contributed by atoms with Gasteiger partial charge in [0.05, 0.1) is 36.2 Å². The van der Waals surface area contributed by atoms with Crippen LogP contribution >= 0.6 is 0 Å². The molecule has 8 heteroatoms. The summed E-state index contributed by atoms with van der Waals surface area (Å²) in [6, 6.07) is 8.12. The fourth-order valence-corrected chi connectivity index (χ4v) is 4.53. The first-order valence-electron chi connectivity index (χ1n) is 11.8. The molecule has 0 radical (unpaired) electrons. The number of nitriles is 1. The fourth-order valence-electron chi connectivity index (χ4n) is 4.53. The summed E-state index contributed by atoms with van der Waals surface area (Å²) in [6.45, 7) is 7.74. The quantitative estimate of drug-likeness (QED) is 0.541. The van der Waals surface area contributed by atoms with Crippen LogP contribution in [0.15, 0.2) is 36.8 Å². The van der Waals surface area contributed by atoms with Crippen molar-refractivity contribution in [1.82, 2.24) is 14.6 Å². The van der Waals surface area contributed by atoms with E-state index in [1.165, 1.54) is 0 Å². The maximum atomic E-state index is 12.7. The number of aromatic nitrogens is 3. The van der Waals surface area contributed by atoms with Crippen LogP contribution in [0.4, 0.5) is 5.82 Å². The number of hydrogen-bond donors (Lipinski definition) is 1. The predicted molar refractivity (Wildman–Crippen MR) is 130 cm³/mol. The number of Topliss-reactive ketones (excluding diaryl/α,β-unsaturated/α-hetero) is 1. The second kappa shape index (κ2) is 9.82. The van der Waals surface area contributed by atoms with E-state index in [-0.39, 0.29) is 11.2 Å². The highest BCUT2D eigenvalue weighted by Gasteiger charge is 2.36. The molecule has 0 aliphatic carbocycles. The van der Waals surface area contributed by atoms with E-state index in [1.54, 1.807) is 23.8 Å². The molecule has 0 unspecified atom stereocenters. The number of hydrogen-bond acceptors (Lipinski definition) is 7. The summed E-state index contributed by atoms with van der Waals surface area (Å²) in [6.07, 6.45) is 7.19. The third-order valence-electron chi connectivity index (χ3n) is 6.73. The van der Waals surface area contributed by atoms with Crippen LogP contribution in [-0.2, 0) is 4.79 Å². The van der Waals surface area contributed by atoms with Crippen molar-refractivity contribution in [2.75, 3.05) is 24.6 Å². The molecule has 0 saturated carbocycles. The van der Waals surface area contributed by atoms with E-state index in [0.29, 0.717) is 30.8 Å². The Labute approximate surface area is 199 Å². The van der Waals surface area contributed by atoms with E-state index in [4.69, 9.17) is 9.72 Å². The number of rotatable bonds is 8. The van der Waals surface area contributed by atoms with E-state index in [9.17, 15) is 15.2 Å². The van der Waals surface area contributed by atoms with Gasteiger partial charge < -0.3 is 14.7 Å². The summed E-state index contributed by atoms with van der Waals surface area (Å²) in [5.74, 6) is 1.79. The maximum Gasteiger partial charge on any atom is 0.138 e. The number of nitrogens with zero attached hydrogens (tertiary/aromatic N) is 5. The Morgan fingerprint density at radius 1 is 1.32 bits per heavy atom. The topological polar surface area (TPSA) is 104 Å². The lowest BCUT2D eigenvalue weighted by Crippen LogP contribution is -2.43. The Hall–Kier alpha value is -3.44. The molecule has 1 atom stereocenters. The van der Waals surface area contributed by atoms with E-state index < -0.39 is 6.10 Å². The third-order valence-corrected chi connectivity index (χ3v) is 6.73. The molecule has 178 valence electrons. The predicted octanol–water partition coefficient (Wildman–Crippen LogP) is 4.00. The van der Waals surface area contributed by atoms with E-state index in [2.05, 4.69) is 16.1 Å². The number of carbonyl (C=O) groups excluding carboxylic acids is 1. The van der Waals surface area contributed by atoms with Crippen LogP contribution in [0.2, 0.25) is 0 Å². The molecule has 34 heavy (non-hydrogen) atoms. The van der Waals surface area contributed by atoms with Crippen molar-refractivity contribution in [1.29, 1.82) is 5.26 Å². The second-order valence-corrected chi connectivity index (χ2v) is 9.25. The average molecular weight is 462 g/mol. The molecule has 3 aromatic rings. The smallest absolute Gasteiger partial charge is 0.138 e. The first kappa shape index (κ1) is 23.7. The molecule has 0 spiro atoms. The number of anilines is 1.